The second-order valence-electron chi connectivity index (χ2n) is 5.24. The van der Waals surface area contributed by atoms with Crippen molar-refractivity contribution in [1.29, 1.82) is 0 Å². The van der Waals surface area contributed by atoms with E-state index in [9.17, 15) is 10.2 Å². The normalized spacial score (nSPS) is 26.3. The Morgan fingerprint density at radius 2 is 1.88 bits per heavy atom. The van der Waals surface area contributed by atoms with Crippen LogP contribution in [0.1, 0.15) is 6.42 Å². The van der Waals surface area contributed by atoms with Crippen molar-refractivity contribution in [2.45, 2.75) is 18.6 Å². The van der Waals surface area contributed by atoms with E-state index in [1.807, 2.05) is 0 Å². The number of piperazine rings is 1. The predicted molar refractivity (Wildman–Crippen MR) is 78.1 cm³/mol. The van der Waals surface area contributed by atoms with Gasteiger partial charge in [-0.25, -0.2) is 0 Å². The first kappa shape index (κ1) is 15.6. The number of β-amino-alcohol motifs (C(OH)–C–C–N with tert-alkyl or cyclic N) is 1. The predicted octanol–water partition coefficient (Wildman–Crippen LogP) is 0.130. The second kappa shape index (κ2) is 6.65. The van der Waals surface area contributed by atoms with Crippen molar-refractivity contribution in [2.24, 2.45) is 0 Å². The summed E-state index contributed by atoms with van der Waals surface area (Å²) in [7, 11) is 0. The molecule has 1 atom stereocenters. The lowest BCUT2D eigenvalue weighted by atomic mass is 10.0. The van der Waals surface area contributed by atoms with Crippen LogP contribution in [0.25, 0.3) is 0 Å². The van der Waals surface area contributed by atoms with Gasteiger partial charge >= 0.3 is 0 Å². The van der Waals surface area contributed by atoms with Crippen LogP contribution in [0.2, 0.25) is 0 Å². The first-order valence-corrected chi connectivity index (χ1v) is 7.66. The number of hydrogen-bond acceptors (Lipinski definition) is 3. The molecule has 0 radical (unpaired) electrons. The number of rotatable bonds is 4. The third-order valence-electron chi connectivity index (χ3n) is 3.89. The van der Waals surface area contributed by atoms with Crippen molar-refractivity contribution in [3.63, 3.8) is 0 Å². The molecule has 0 aromatic carbocycles. The Bertz CT molecular complexity index is 225. The number of quaternary nitrogens is 1. The summed E-state index contributed by atoms with van der Waals surface area (Å²) in [6.07, 6.45) is 0.678. The van der Waals surface area contributed by atoms with Crippen LogP contribution < -0.4 is 0 Å². The van der Waals surface area contributed by atoms with Gasteiger partial charge in [-0.05, 0) is 6.42 Å². The molecule has 0 aromatic rings. The molecule has 102 valence electrons. The van der Waals surface area contributed by atoms with Gasteiger partial charge in [-0.2, -0.15) is 0 Å². The lowest BCUT2D eigenvalue weighted by molar-refractivity contribution is -0.975. The molecule has 0 aliphatic carbocycles. The highest BCUT2D eigenvalue weighted by Crippen LogP contribution is 2.23. The highest BCUT2D eigenvalue weighted by Gasteiger charge is 2.44. The van der Waals surface area contributed by atoms with Crippen LogP contribution in [0.15, 0.2) is 0 Å². The number of aliphatic hydroxyl groups excluding tert-OH is 2. The standard InChI is InChI=1S/C11H22IN2O2.CH3/c12-2-1-10(15)7-13-3-5-14(6-4-13)8-11(16)9-14;/h10-11,15-16H,1-9H2;1H3/q+1;-1. The second-order valence-corrected chi connectivity index (χ2v) is 6.32. The molecule has 0 saturated carbocycles. The number of aliphatic hydroxyl groups is 2. The van der Waals surface area contributed by atoms with Gasteiger partial charge in [0.15, 0.2) is 6.10 Å². The summed E-state index contributed by atoms with van der Waals surface area (Å²) in [5.41, 5.74) is 0. The third kappa shape index (κ3) is 4.02. The van der Waals surface area contributed by atoms with Crippen molar-refractivity contribution in [3.8, 4) is 0 Å². The van der Waals surface area contributed by atoms with E-state index in [0.717, 1.165) is 61.1 Å². The van der Waals surface area contributed by atoms with Crippen molar-refractivity contribution >= 4 is 22.6 Å². The van der Waals surface area contributed by atoms with E-state index in [4.69, 9.17) is 0 Å². The van der Waals surface area contributed by atoms with Gasteiger partial charge in [-0.1, -0.05) is 22.6 Å². The molecular weight excluding hydrogens is 331 g/mol. The minimum absolute atomic E-state index is 0. The van der Waals surface area contributed by atoms with E-state index in [0.29, 0.717) is 0 Å². The molecule has 2 aliphatic heterocycles. The summed E-state index contributed by atoms with van der Waals surface area (Å²) in [6, 6.07) is 0. The molecule has 5 heteroatoms. The van der Waals surface area contributed by atoms with E-state index >= 15 is 0 Å². The lowest BCUT2D eigenvalue weighted by Gasteiger charge is -2.52. The van der Waals surface area contributed by atoms with E-state index in [1.54, 1.807) is 0 Å². The number of alkyl halides is 1. The topological polar surface area (TPSA) is 43.7 Å². The maximum Gasteiger partial charge on any atom is 0.152 e. The van der Waals surface area contributed by atoms with Crippen LogP contribution in [0.5, 0.6) is 0 Å². The summed E-state index contributed by atoms with van der Waals surface area (Å²) in [5, 5.41) is 19.1. The number of nitrogens with zero attached hydrogens (tertiary/aromatic N) is 2. The van der Waals surface area contributed by atoms with Crippen molar-refractivity contribution < 1.29 is 14.7 Å². The lowest BCUT2D eigenvalue weighted by Crippen LogP contribution is -2.72. The average molecular weight is 356 g/mol. The fourth-order valence-electron chi connectivity index (χ4n) is 2.83. The van der Waals surface area contributed by atoms with E-state index in [-0.39, 0.29) is 19.6 Å². The van der Waals surface area contributed by atoms with Gasteiger partial charge in [0.1, 0.15) is 13.1 Å². The monoisotopic (exact) mass is 356 g/mol. The summed E-state index contributed by atoms with van der Waals surface area (Å²) in [6.45, 7) is 7.16. The van der Waals surface area contributed by atoms with Gasteiger partial charge in [0.05, 0.1) is 19.2 Å². The van der Waals surface area contributed by atoms with Gasteiger partial charge in [0, 0.05) is 24.1 Å². The van der Waals surface area contributed by atoms with Crippen LogP contribution in [-0.4, -0.2) is 82.0 Å². The van der Waals surface area contributed by atoms with E-state index in [2.05, 4.69) is 27.5 Å². The van der Waals surface area contributed by atoms with Crippen LogP contribution in [0.3, 0.4) is 0 Å². The Morgan fingerprint density at radius 3 is 2.35 bits per heavy atom. The Morgan fingerprint density at radius 1 is 1.29 bits per heavy atom. The Hall–Kier alpha value is 0.570. The SMILES string of the molecule is OC(CCI)CN1CC[N+]2(CC1)CC(O)C2.[CH3-]. The molecular formula is C12H25IN2O2. The summed E-state index contributed by atoms with van der Waals surface area (Å²) < 4.78 is 2.14. The quantitative estimate of drug-likeness (QED) is 0.326. The van der Waals surface area contributed by atoms with Gasteiger partial charge in [-0.3, -0.25) is 4.90 Å². The van der Waals surface area contributed by atoms with Crippen molar-refractivity contribution in [3.05, 3.63) is 7.43 Å². The fourth-order valence-corrected chi connectivity index (χ4v) is 3.55. The largest absolute Gasteiger partial charge is 0.392 e. The summed E-state index contributed by atoms with van der Waals surface area (Å²) in [4.78, 5) is 2.37. The van der Waals surface area contributed by atoms with Gasteiger partial charge in [0.25, 0.3) is 0 Å². The molecule has 2 saturated heterocycles. The molecule has 2 fully saturated rings. The van der Waals surface area contributed by atoms with Crippen LogP contribution in [0, 0.1) is 7.43 Å². The first-order chi connectivity index (χ1) is 7.63. The first-order valence-electron chi connectivity index (χ1n) is 6.13. The van der Waals surface area contributed by atoms with E-state index in [1.165, 1.54) is 0 Å². The number of halogens is 1. The Balaban J connectivity index is 0.00000144. The van der Waals surface area contributed by atoms with Crippen molar-refractivity contribution in [2.75, 3.05) is 50.2 Å². The summed E-state index contributed by atoms with van der Waals surface area (Å²) >= 11 is 2.31. The zero-order valence-electron chi connectivity index (χ0n) is 10.7. The van der Waals surface area contributed by atoms with E-state index < -0.39 is 0 Å². The van der Waals surface area contributed by atoms with Crippen LogP contribution >= 0.6 is 22.6 Å². The van der Waals surface area contributed by atoms with Crippen molar-refractivity contribution in [1.82, 2.24) is 4.90 Å². The fraction of sp³-hybridized carbons (Fsp3) is 0.917. The molecule has 4 nitrogen and oxygen atoms in total. The highest BCUT2D eigenvalue weighted by molar-refractivity contribution is 14.1. The van der Waals surface area contributed by atoms with Gasteiger partial charge in [-0.15, -0.1) is 0 Å². The third-order valence-corrected chi connectivity index (χ3v) is 4.51. The van der Waals surface area contributed by atoms with Crippen LogP contribution in [0.4, 0.5) is 0 Å². The Labute approximate surface area is 118 Å². The molecule has 0 bridgehead atoms. The van der Waals surface area contributed by atoms with Gasteiger partial charge in [0.2, 0.25) is 0 Å². The molecule has 2 aliphatic rings. The molecule has 17 heavy (non-hydrogen) atoms. The van der Waals surface area contributed by atoms with Gasteiger partial charge < -0.3 is 22.1 Å². The zero-order valence-corrected chi connectivity index (χ0v) is 12.8. The molecule has 2 rings (SSSR count). The average Bonchev–Trinajstić information content (AvgIpc) is 2.20. The maximum atomic E-state index is 9.75. The molecule has 1 spiro atoms. The molecule has 0 aromatic heterocycles. The smallest absolute Gasteiger partial charge is 0.152 e. The number of hydrogen-bond donors (Lipinski definition) is 2. The summed E-state index contributed by atoms with van der Waals surface area (Å²) in [5.74, 6) is 0. The Kier molecular flexibility index (Phi) is 6.12. The molecule has 1 unspecified atom stereocenters. The molecule has 2 N–H and O–H groups in total. The maximum absolute atomic E-state index is 9.75. The minimum atomic E-state index is -0.162. The minimum Gasteiger partial charge on any atom is -0.392 e. The molecule has 2 heterocycles. The zero-order chi connectivity index (χ0) is 11.6. The molecule has 0 amide bonds. The van der Waals surface area contributed by atoms with Crippen LogP contribution in [-0.2, 0) is 0 Å². The highest BCUT2D eigenvalue weighted by atomic mass is 127.